The molecule has 0 amide bonds. The zero-order valence-corrected chi connectivity index (χ0v) is 12.2. The summed E-state index contributed by atoms with van der Waals surface area (Å²) in [5.74, 6) is 1.06. The number of benzene rings is 2. The maximum atomic E-state index is 8.83. The molecule has 0 saturated carbocycles. The highest BCUT2D eigenvalue weighted by Crippen LogP contribution is 2.28. The van der Waals surface area contributed by atoms with Crippen LogP contribution in [0.25, 0.3) is 0 Å². The van der Waals surface area contributed by atoms with Gasteiger partial charge in [-0.3, -0.25) is 0 Å². The fourth-order valence-electron chi connectivity index (χ4n) is 1.90. The van der Waals surface area contributed by atoms with E-state index in [1.807, 2.05) is 24.3 Å². The molecule has 0 heterocycles. The molecule has 0 atom stereocenters. The number of hydrogen-bond acceptors (Lipinski definition) is 4. The largest absolute Gasteiger partial charge is 0.496 e. The Bertz CT molecular complexity index is 659. The van der Waals surface area contributed by atoms with Crippen molar-refractivity contribution in [2.45, 2.75) is 6.61 Å². The van der Waals surface area contributed by atoms with Crippen LogP contribution in [0.2, 0.25) is 5.02 Å². The van der Waals surface area contributed by atoms with Crippen LogP contribution >= 0.6 is 11.6 Å². The number of oxime groups is 1. The lowest BCUT2D eigenvalue weighted by Crippen LogP contribution is -2.15. The highest BCUT2D eigenvalue weighted by atomic mass is 35.5. The van der Waals surface area contributed by atoms with E-state index in [0.29, 0.717) is 16.3 Å². The summed E-state index contributed by atoms with van der Waals surface area (Å²) in [7, 11) is 1.60. The van der Waals surface area contributed by atoms with Gasteiger partial charge in [-0.2, -0.15) is 0 Å². The maximum absolute atomic E-state index is 8.83. The second-order valence-electron chi connectivity index (χ2n) is 4.20. The number of nitrogens with zero attached hydrogens (tertiary/aromatic N) is 1. The van der Waals surface area contributed by atoms with E-state index < -0.39 is 0 Å². The molecule has 0 unspecified atom stereocenters. The minimum atomic E-state index is -0.101. The topological polar surface area (TPSA) is 77.1 Å². The standard InChI is InChI=1S/C15H15ClN2O3/c1-20-12-7-3-2-5-10(12)9-21-13-8-4-6-11(16)14(13)15(17)18-19/h2-8,19H,9H2,1H3,(H2,17,18). The minimum absolute atomic E-state index is 0.101. The van der Waals surface area contributed by atoms with Crippen LogP contribution in [0.15, 0.2) is 47.6 Å². The summed E-state index contributed by atoms with van der Waals surface area (Å²) < 4.78 is 11.0. The van der Waals surface area contributed by atoms with E-state index in [-0.39, 0.29) is 12.4 Å². The van der Waals surface area contributed by atoms with Crippen molar-refractivity contribution >= 4 is 17.4 Å². The quantitative estimate of drug-likeness (QED) is 0.385. The number of halogens is 1. The first-order valence-electron chi connectivity index (χ1n) is 6.18. The van der Waals surface area contributed by atoms with Crippen LogP contribution in [0, 0.1) is 0 Å². The Hall–Kier alpha value is -2.40. The van der Waals surface area contributed by atoms with Crippen LogP contribution in [0.1, 0.15) is 11.1 Å². The monoisotopic (exact) mass is 306 g/mol. The highest BCUT2D eigenvalue weighted by Gasteiger charge is 2.13. The third-order valence-electron chi connectivity index (χ3n) is 2.91. The number of rotatable bonds is 5. The molecule has 3 N–H and O–H groups in total. The number of amidine groups is 1. The molecule has 0 saturated heterocycles. The lowest BCUT2D eigenvalue weighted by Gasteiger charge is -2.13. The summed E-state index contributed by atoms with van der Waals surface area (Å²) in [6.07, 6.45) is 0. The van der Waals surface area contributed by atoms with Gasteiger partial charge in [0.05, 0.1) is 17.7 Å². The number of nitrogens with two attached hydrogens (primary N) is 1. The van der Waals surface area contributed by atoms with E-state index in [1.54, 1.807) is 25.3 Å². The van der Waals surface area contributed by atoms with Crippen molar-refractivity contribution in [3.05, 3.63) is 58.6 Å². The van der Waals surface area contributed by atoms with E-state index in [9.17, 15) is 0 Å². The van der Waals surface area contributed by atoms with Crippen LogP contribution in [0.4, 0.5) is 0 Å². The molecule has 5 nitrogen and oxygen atoms in total. The van der Waals surface area contributed by atoms with Gasteiger partial charge in [0.2, 0.25) is 0 Å². The zero-order valence-electron chi connectivity index (χ0n) is 11.4. The third kappa shape index (κ3) is 3.38. The van der Waals surface area contributed by atoms with Crippen molar-refractivity contribution < 1.29 is 14.7 Å². The number of para-hydroxylation sites is 1. The Balaban J connectivity index is 2.27. The summed E-state index contributed by atoms with van der Waals surface area (Å²) in [5.41, 5.74) is 6.87. The van der Waals surface area contributed by atoms with Gasteiger partial charge >= 0.3 is 0 Å². The molecule has 0 radical (unpaired) electrons. The minimum Gasteiger partial charge on any atom is -0.496 e. The number of hydrogen-bond donors (Lipinski definition) is 2. The van der Waals surface area contributed by atoms with Gasteiger partial charge in [0.1, 0.15) is 18.1 Å². The van der Waals surface area contributed by atoms with Crippen molar-refractivity contribution in [3.8, 4) is 11.5 Å². The van der Waals surface area contributed by atoms with E-state index >= 15 is 0 Å². The smallest absolute Gasteiger partial charge is 0.175 e. The zero-order chi connectivity index (χ0) is 15.2. The van der Waals surface area contributed by atoms with Gasteiger partial charge in [-0.15, -0.1) is 0 Å². The van der Waals surface area contributed by atoms with Gasteiger partial charge in [0.15, 0.2) is 5.84 Å². The molecule has 21 heavy (non-hydrogen) atoms. The predicted octanol–water partition coefficient (Wildman–Crippen LogP) is 3.02. The molecule has 0 aliphatic rings. The first-order chi connectivity index (χ1) is 10.2. The Labute approximate surface area is 127 Å². The molecule has 6 heteroatoms. The van der Waals surface area contributed by atoms with Crippen molar-refractivity contribution in [1.29, 1.82) is 0 Å². The average molecular weight is 307 g/mol. The second kappa shape index (κ2) is 6.85. The van der Waals surface area contributed by atoms with Gasteiger partial charge in [0, 0.05) is 5.56 Å². The molecule has 0 spiro atoms. The van der Waals surface area contributed by atoms with Crippen LogP contribution < -0.4 is 15.2 Å². The third-order valence-corrected chi connectivity index (χ3v) is 3.23. The molecule has 2 aromatic carbocycles. The molecule has 2 rings (SSSR count). The summed E-state index contributed by atoms with van der Waals surface area (Å²) in [4.78, 5) is 0. The Morgan fingerprint density at radius 2 is 1.90 bits per heavy atom. The Kier molecular flexibility index (Phi) is 4.90. The summed E-state index contributed by atoms with van der Waals surface area (Å²) in [6.45, 7) is 0.274. The molecule has 0 aliphatic heterocycles. The first kappa shape index (κ1) is 15.0. The maximum Gasteiger partial charge on any atom is 0.175 e. The fourth-order valence-corrected chi connectivity index (χ4v) is 2.16. The summed E-state index contributed by atoms with van der Waals surface area (Å²) >= 11 is 6.07. The molecule has 2 aromatic rings. The molecule has 0 bridgehead atoms. The SMILES string of the molecule is COc1ccccc1COc1cccc(Cl)c1/C(N)=N/O. The van der Waals surface area contributed by atoms with Crippen molar-refractivity contribution in [2.24, 2.45) is 10.9 Å². The van der Waals surface area contributed by atoms with Crippen LogP contribution in [0.5, 0.6) is 11.5 Å². The van der Waals surface area contributed by atoms with Crippen molar-refractivity contribution in [2.75, 3.05) is 7.11 Å². The molecule has 110 valence electrons. The molecular formula is C15H15ClN2O3. The number of ether oxygens (including phenoxy) is 2. The Morgan fingerprint density at radius 1 is 1.19 bits per heavy atom. The normalized spacial score (nSPS) is 11.2. The highest BCUT2D eigenvalue weighted by molar-refractivity contribution is 6.34. The lowest BCUT2D eigenvalue weighted by atomic mass is 10.1. The molecule has 0 aliphatic carbocycles. The summed E-state index contributed by atoms with van der Waals surface area (Å²) in [6, 6.07) is 12.6. The number of methoxy groups -OCH3 is 1. The van der Waals surface area contributed by atoms with E-state index in [2.05, 4.69) is 5.16 Å². The van der Waals surface area contributed by atoms with Gasteiger partial charge < -0.3 is 20.4 Å². The van der Waals surface area contributed by atoms with Crippen LogP contribution in [0.3, 0.4) is 0 Å². The summed E-state index contributed by atoms with van der Waals surface area (Å²) in [5, 5.41) is 12.2. The van der Waals surface area contributed by atoms with Gasteiger partial charge in [-0.25, -0.2) is 0 Å². The van der Waals surface area contributed by atoms with E-state index in [0.717, 1.165) is 11.3 Å². The van der Waals surface area contributed by atoms with Crippen molar-refractivity contribution in [1.82, 2.24) is 0 Å². The molecular weight excluding hydrogens is 292 g/mol. The van der Waals surface area contributed by atoms with Gasteiger partial charge in [-0.1, -0.05) is 41.0 Å². The van der Waals surface area contributed by atoms with E-state index in [1.165, 1.54) is 0 Å². The van der Waals surface area contributed by atoms with Gasteiger partial charge in [-0.05, 0) is 18.2 Å². The first-order valence-corrected chi connectivity index (χ1v) is 6.56. The predicted molar refractivity (Wildman–Crippen MR) is 81.3 cm³/mol. The Morgan fingerprint density at radius 3 is 2.62 bits per heavy atom. The fraction of sp³-hybridized carbons (Fsp3) is 0.133. The van der Waals surface area contributed by atoms with Crippen LogP contribution in [-0.4, -0.2) is 18.2 Å². The molecule has 0 aromatic heterocycles. The van der Waals surface area contributed by atoms with E-state index in [4.69, 9.17) is 32.0 Å². The lowest BCUT2D eigenvalue weighted by molar-refractivity contribution is 0.295. The van der Waals surface area contributed by atoms with Crippen molar-refractivity contribution in [3.63, 3.8) is 0 Å². The second-order valence-corrected chi connectivity index (χ2v) is 4.61. The van der Waals surface area contributed by atoms with Gasteiger partial charge in [0.25, 0.3) is 0 Å². The average Bonchev–Trinajstić information content (AvgIpc) is 2.52. The van der Waals surface area contributed by atoms with Crippen LogP contribution in [-0.2, 0) is 6.61 Å². The molecule has 0 fully saturated rings.